The predicted octanol–water partition coefficient (Wildman–Crippen LogP) is 7.02. The summed E-state index contributed by atoms with van der Waals surface area (Å²) in [5.41, 5.74) is 4.66. The molecule has 0 aliphatic heterocycles. The minimum absolute atomic E-state index is 0.00920. The number of nitrogens with one attached hydrogen (secondary N) is 1. The zero-order valence-corrected chi connectivity index (χ0v) is 28.6. The lowest BCUT2D eigenvalue weighted by Gasteiger charge is -2.34. The van der Waals surface area contributed by atoms with Gasteiger partial charge in [0, 0.05) is 24.0 Å². The highest BCUT2D eigenvalue weighted by Gasteiger charge is 2.35. The molecule has 242 valence electrons. The van der Waals surface area contributed by atoms with E-state index < -0.39 is 28.5 Å². The third-order valence-electron chi connectivity index (χ3n) is 8.24. The number of nitrogens with zero attached hydrogens (tertiary/aromatic N) is 2. The number of aryl methyl sites for hydroxylation is 3. The fourth-order valence-corrected chi connectivity index (χ4v) is 6.65. The molecule has 0 saturated carbocycles. The number of carbonyl (C=O) groups is 2. The summed E-state index contributed by atoms with van der Waals surface area (Å²) in [6.45, 7) is 9.09. The van der Waals surface area contributed by atoms with Crippen LogP contribution in [0, 0.1) is 20.8 Å². The van der Waals surface area contributed by atoms with Crippen LogP contribution < -0.4 is 9.62 Å². The lowest BCUT2D eigenvalue weighted by Crippen LogP contribution is -2.54. The van der Waals surface area contributed by atoms with E-state index >= 15 is 0 Å². The summed E-state index contributed by atoms with van der Waals surface area (Å²) in [6, 6.07) is 27.4. The molecule has 4 aromatic carbocycles. The number of carbonyl (C=O) groups excluding carboxylic acids is 2. The van der Waals surface area contributed by atoms with Gasteiger partial charge in [0.2, 0.25) is 11.8 Å². The van der Waals surface area contributed by atoms with Crippen LogP contribution in [0.5, 0.6) is 0 Å². The van der Waals surface area contributed by atoms with Gasteiger partial charge < -0.3 is 10.2 Å². The summed E-state index contributed by atoms with van der Waals surface area (Å²) < 4.78 is 29.6. The van der Waals surface area contributed by atoms with Crippen LogP contribution in [0.2, 0.25) is 5.02 Å². The molecular formula is C37H42ClN3O4S. The Morgan fingerprint density at radius 1 is 0.848 bits per heavy atom. The van der Waals surface area contributed by atoms with E-state index in [1.807, 2.05) is 77.1 Å². The Balaban J connectivity index is 1.83. The monoisotopic (exact) mass is 659 g/mol. The fourth-order valence-electron chi connectivity index (χ4n) is 5.05. The summed E-state index contributed by atoms with van der Waals surface area (Å²) >= 11 is 6.58. The lowest BCUT2D eigenvalue weighted by atomic mass is 10.0. The molecule has 4 rings (SSSR count). The van der Waals surface area contributed by atoms with Crippen molar-refractivity contribution in [1.82, 2.24) is 10.2 Å². The molecule has 0 spiro atoms. The minimum Gasteiger partial charge on any atom is -0.352 e. The molecule has 0 saturated heterocycles. The highest BCUT2D eigenvalue weighted by molar-refractivity contribution is 7.92. The molecule has 0 heterocycles. The van der Waals surface area contributed by atoms with Crippen LogP contribution in [-0.2, 0) is 32.6 Å². The average molecular weight is 660 g/mol. The molecule has 0 fully saturated rings. The van der Waals surface area contributed by atoms with Crippen LogP contribution in [0.15, 0.2) is 102 Å². The molecule has 0 bridgehead atoms. The topological polar surface area (TPSA) is 86.8 Å². The van der Waals surface area contributed by atoms with Gasteiger partial charge in [0.25, 0.3) is 10.0 Å². The first-order valence-electron chi connectivity index (χ1n) is 15.4. The van der Waals surface area contributed by atoms with E-state index in [4.69, 9.17) is 11.6 Å². The molecule has 0 aromatic heterocycles. The smallest absolute Gasteiger partial charge is 0.264 e. The first kappa shape index (κ1) is 34.7. The Hall–Kier alpha value is -4.14. The zero-order chi connectivity index (χ0) is 33.4. The predicted molar refractivity (Wildman–Crippen MR) is 185 cm³/mol. The summed E-state index contributed by atoms with van der Waals surface area (Å²) in [5.74, 6) is -0.855. The standard InChI is InChI=1S/C37H42ClN3O4S/c1-6-29(5)39-37(43)35(23-30-12-8-7-9-13-30)40(24-31-14-10-11-15-34(31)38)36(42)25-41(32-19-18-27(3)28(4)22-32)46(44,45)33-20-16-26(2)17-21-33/h7-22,29,35H,6,23-25H2,1-5H3,(H,39,43)/t29-,35+/m1/s1. The van der Waals surface area contributed by atoms with E-state index in [0.29, 0.717) is 22.7 Å². The average Bonchev–Trinajstić information content (AvgIpc) is 3.04. The van der Waals surface area contributed by atoms with Gasteiger partial charge in [0.1, 0.15) is 12.6 Å². The van der Waals surface area contributed by atoms with Crippen molar-refractivity contribution in [2.24, 2.45) is 0 Å². The molecule has 2 atom stereocenters. The molecule has 7 nitrogen and oxygen atoms in total. The summed E-state index contributed by atoms with van der Waals surface area (Å²) in [7, 11) is -4.18. The van der Waals surface area contributed by atoms with E-state index in [-0.39, 0.29) is 29.8 Å². The van der Waals surface area contributed by atoms with Gasteiger partial charge in [-0.05, 0) is 86.7 Å². The second kappa shape index (κ2) is 15.4. The molecule has 2 amide bonds. The van der Waals surface area contributed by atoms with E-state index in [9.17, 15) is 18.0 Å². The Bertz CT molecular complexity index is 1760. The van der Waals surface area contributed by atoms with Gasteiger partial charge in [0.15, 0.2) is 0 Å². The largest absolute Gasteiger partial charge is 0.352 e. The molecule has 0 unspecified atom stereocenters. The molecule has 0 radical (unpaired) electrons. The third-order valence-corrected chi connectivity index (χ3v) is 10.4. The fraction of sp³-hybridized carbons (Fsp3) is 0.297. The van der Waals surface area contributed by atoms with Gasteiger partial charge >= 0.3 is 0 Å². The zero-order valence-electron chi connectivity index (χ0n) is 27.0. The van der Waals surface area contributed by atoms with E-state index in [1.54, 1.807) is 54.6 Å². The maximum Gasteiger partial charge on any atom is 0.264 e. The van der Waals surface area contributed by atoms with Gasteiger partial charge in [-0.15, -0.1) is 0 Å². The molecule has 4 aromatic rings. The van der Waals surface area contributed by atoms with Gasteiger partial charge in [-0.2, -0.15) is 0 Å². The van der Waals surface area contributed by atoms with Gasteiger partial charge in [-0.3, -0.25) is 13.9 Å². The SMILES string of the molecule is CC[C@@H](C)NC(=O)[C@H](Cc1ccccc1)N(Cc1ccccc1Cl)C(=O)CN(c1ccc(C)c(C)c1)S(=O)(=O)c1ccc(C)cc1. The highest BCUT2D eigenvalue weighted by atomic mass is 35.5. The lowest BCUT2D eigenvalue weighted by molar-refractivity contribution is -0.140. The first-order valence-corrected chi connectivity index (χ1v) is 17.3. The van der Waals surface area contributed by atoms with Crippen molar-refractivity contribution < 1.29 is 18.0 Å². The van der Waals surface area contributed by atoms with E-state index in [1.165, 1.54) is 4.90 Å². The Morgan fingerprint density at radius 2 is 1.50 bits per heavy atom. The minimum atomic E-state index is -4.18. The summed E-state index contributed by atoms with van der Waals surface area (Å²) in [4.78, 5) is 30.1. The Kier molecular flexibility index (Phi) is 11.7. The normalized spacial score (nSPS) is 12.7. The number of hydrogen-bond donors (Lipinski definition) is 1. The quantitative estimate of drug-likeness (QED) is 0.167. The van der Waals surface area contributed by atoms with Crippen molar-refractivity contribution in [2.75, 3.05) is 10.8 Å². The Morgan fingerprint density at radius 3 is 2.13 bits per heavy atom. The molecule has 9 heteroatoms. The summed E-state index contributed by atoms with van der Waals surface area (Å²) in [6.07, 6.45) is 0.936. The Labute approximate surface area is 278 Å². The van der Waals surface area contributed by atoms with Gasteiger partial charge in [-0.25, -0.2) is 8.42 Å². The van der Waals surface area contributed by atoms with Crippen molar-refractivity contribution in [2.45, 2.75) is 71.0 Å². The molecule has 0 aliphatic carbocycles. The second-order valence-corrected chi connectivity index (χ2v) is 14.0. The van der Waals surface area contributed by atoms with Crippen molar-refractivity contribution >= 4 is 39.1 Å². The van der Waals surface area contributed by atoms with Crippen molar-refractivity contribution in [3.63, 3.8) is 0 Å². The van der Waals surface area contributed by atoms with Gasteiger partial charge in [-0.1, -0.05) is 90.8 Å². The number of sulfonamides is 1. The number of anilines is 1. The number of amides is 2. The van der Waals surface area contributed by atoms with Crippen molar-refractivity contribution in [3.8, 4) is 0 Å². The molecule has 1 N–H and O–H groups in total. The van der Waals surface area contributed by atoms with Crippen LogP contribution in [-0.4, -0.2) is 43.8 Å². The molecule has 0 aliphatic rings. The number of rotatable bonds is 13. The second-order valence-electron chi connectivity index (χ2n) is 11.7. The van der Waals surface area contributed by atoms with Crippen LogP contribution in [0.1, 0.15) is 48.1 Å². The van der Waals surface area contributed by atoms with E-state index in [0.717, 1.165) is 26.6 Å². The highest BCUT2D eigenvalue weighted by Crippen LogP contribution is 2.28. The van der Waals surface area contributed by atoms with Crippen LogP contribution in [0.3, 0.4) is 0 Å². The van der Waals surface area contributed by atoms with Crippen molar-refractivity contribution in [1.29, 1.82) is 0 Å². The van der Waals surface area contributed by atoms with Crippen LogP contribution >= 0.6 is 11.6 Å². The number of benzene rings is 4. The molecular weight excluding hydrogens is 618 g/mol. The maximum atomic E-state index is 14.6. The van der Waals surface area contributed by atoms with Crippen LogP contribution in [0.4, 0.5) is 5.69 Å². The molecule has 46 heavy (non-hydrogen) atoms. The number of hydrogen-bond acceptors (Lipinski definition) is 4. The maximum absolute atomic E-state index is 14.6. The third kappa shape index (κ3) is 8.56. The van der Waals surface area contributed by atoms with Crippen molar-refractivity contribution in [3.05, 3.63) is 130 Å². The van der Waals surface area contributed by atoms with E-state index in [2.05, 4.69) is 5.32 Å². The number of halogens is 1. The summed E-state index contributed by atoms with van der Waals surface area (Å²) in [5, 5.41) is 3.49. The van der Waals surface area contributed by atoms with Crippen LogP contribution in [0.25, 0.3) is 0 Å². The first-order chi connectivity index (χ1) is 21.9. The van der Waals surface area contributed by atoms with Gasteiger partial charge in [0.05, 0.1) is 10.6 Å².